The van der Waals surface area contributed by atoms with Crippen molar-refractivity contribution in [3.8, 4) is 0 Å². The lowest BCUT2D eigenvalue weighted by molar-refractivity contribution is 0.119. The summed E-state index contributed by atoms with van der Waals surface area (Å²) in [4.78, 5) is 2.32. The van der Waals surface area contributed by atoms with Crippen LogP contribution in [0.25, 0.3) is 0 Å². The Kier molecular flexibility index (Phi) is 6.86. The van der Waals surface area contributed by atoms with Crippen molar-refractivity contribution in [3.05, 3.63) is 35.9 Å². The van der Waals surface area contributed by atoms with Gasteiger partial charge in [0.05, 0.1) is 6.61 Å². The molecule has 0 aliphatic rings. The smallest absolute Gasteiger partial charge is 0.0589 e. The minimum absolute atomic E-state index is 0.234. The van der Waals surface area contributed by atoms with Crippen molar-refractivity contribution >= 4 is 0 Å². The number of hydrogen-bond donors (Lipinski definition) is 1. The maximum atomic E-state index is 9.12. The number of hydrogen-bond acceptors (Lipinski definition) is 3. The van der Waals surface area contributed by atoms with Crippen molar-refractivity contribution in [2.75, 3.05) is 33.4 Å². The van der Waals surface area contributed by atoms with Gasteiger partial charge in [0, 0.05) is 33.4 Å². The van der Waals surface area contributed by atoms with Gasteiger partial charge >= 0.3 is 0 Å². The highest BCUT2D eigenvalue weighted by atomic mass is 16.5. The molecular formula is C14H23NO2. The van der Waals surface area contributed by atoms with Crippen LogP contribution in [-0.4, -0.2) is 43.4 Å². The molecule has 1 unspecified atom stereocenters. The standard InChI is InChI=1S/C14H23NO2/c1-13(12-16)10-15(8-9-17-2)11-14-6-4-3-5-7-14/h3-7,13,16H,8-12H2,1-2H3. The van der Waals surface area contributed by atoms with E-state index in [0.717, 1.165) is 26.2 Å². The van der Waals surface area contributed by atoms with E-state index < -0.39 is 0 Å². The van der Waals surface area contributed by atoms with Crippen LogP contribution in [0.5, 0.6) is 0 Å². The molecule has 3 heteroatoms. The van der Waals surface area contributed by atoms with Gasteiger partial charge in [-0.2, -0.15) is 0 Å². The van der Waals surface area contributed by atoms with Crippen LogP contribution in [0.1, 0.15) is 12.5 Å². The molecule has 0 aliphatic carbocycles. The number of ether oxygens (including phenoxy) is 1. The molecule has 0 saturated heterocycles. The van der Waals surface area contributed by atoms with E-state index in [2.05, 4.69) is 36.1 Å². The van der Waals surface area contributed by atoms with E-state index in [4.69, 9.17) is 9.84 Å². The molecular weight excluding hydrogens is 214 g/mol. The van der Waals surface area contributed by atoms with Crippen LogP contribution in [0.3, 0.4) is 0 Å². The van der Waals surface area contributed by atoms with E-state index in [1.54, 1.807) is 7.11 Å². The first kappa shape index (κ1) is 14.2. The first-order valence-corrected chi connectivity index (χ1v) is 6.12. The molecule has 96 valence electrons. The lowest BCUT2D eigenvalue weighted by Gasteiger charge is -2.24. The largest absolute Gasteiger partial charge is 0.396 e. The summed E-state index contributed by atoms with van der Waals surface area (Å²) in [5.41, 5.74) is 1.30. The number of nitrogens with zero attached hydrogens (tertiary/aromatic N) is 1. The number of aliphatic hydroxyl groups is 1. The van der Waals surface area contributed by atoms with E-state index >= 15 is 0 Å². The molecule has 0 heterocycles. The average Bonchev–Trinajstić information content (AvgIpc) is 2.37. The van der Waals surface area contributed by atoms with E-state index in [1.807, 2.05) is 6.07 Å². The Bertz CT molecular complexity index is 290. The molecule has 0 aromatic heterocycles. The molecule has 0 fully saturated rings. The number of aliphatic hydroxyl groups excluding tert-OH is 1. The van der Waals surface area contributed by atoms with Crippen molar-refractivity contribution < 1.29 is 9.84 Å². The molecule has 1 rings (SSSR count). The van der Waals surface area contributed by atoms with Crippen molar-refractivity contribution in [3.63, 3.8) is 0 Å². The van der Waals surface area contributed by atoms with Gasteiger partial charge in [0.15, 0.2) is 0 Å². The second-order valence-corrected chi connectivity index (χ2v) is 4.50. The number of rotatable bonds is 8. The van der Waals surface area contributed by atoms with E-state index in [0.29, 0.717) is 5.92 Å². The molecule has 0 amide bonds. The molecule has 0 spiro atoms. The normalized spacial score (nSPS) is 12.9. The van der Waals surface area contributed by atoms with Crippen LogP contribution in [-0.2, 0) is 11.3 Å². The van der Waals surface area contributed by atoms with Crippen LogP contribution >= 0.6 is 0 Å². The summed E-state index contributed by atoms with van der Waals surface area (Å²) in [6.07, 6.45) is 0. The van der Waals surface area contributed by atoms with Crippen molar-refractivity contribution in [1.29, 1.82) is 0 Å². The molecule has 1 N–H and O–H groups in total. The molecule has 3 nitrogen and oxygen atoms in total. The van der Waals surface area contributed by atoms with Crippen LogP contribution in [0.15, 0.2) is 30.3 Å². The lowest BCUT2D eigenvalue weighted by atomic mass is 10.1. The van der Waals surface area contributed by atoms with Crippen molar-refractivity contribution in [1.82, 2.24) is 4.90 Å². The maximum absolute atomic E-state index is 9.12. The molecule has 17 heavy (non-hydrogen) atoms. The zero-order valence-corrected chi connectivity index (χ0v) is 10.8. The molecule has 1 aromatic rings. The summed E-state index contributed by atoms with van der Waals surface area (Å²) >= 11 is 0. The highest BCUT2D eigenvalue weighted by Crippen LogP contribution is 2.07. The third kappa shape index (κ3) is 5.82. The van der Waals surface area contributed by atoms with Gasteiger partial charge in [0.25, 0.3) is 0 Å². The van der Waals surface area contributed by atoms with Crippen LogP contribution < -0.4 is 0 Å². The Hall–Kier alpha value is -0.900. The summed E-state index contributed by atoms with van der Waals surface area (Å²) in [6.45, 7) is 5.73. The summed E-state index contributed by atoms with van der Waals surface area (Å²) < 4.78 is 5.12. The summed E-state index contributed by atoms with van der Waals surface area (Å²) in [5, 5.41) is 9.12. The first-order valence-electron chi connectivity index (χ1n) is 6.12. The Morgan fingerprint density at radius 3 is 2.59 bits per heavy atom. The Labute approximate surface area is 104 Å². The van der Waals surface area contributed by atoms with Gasteiger partial charge in [-0.25, -0.2) is 0 Å². The number of methoxy groups -OCH3 is 1. The molecule has 0 saturated carbocycles. The quantitative estimate of drug-likeness (QED) is 0.748. The van der Waals surface area contributed by atoms with Gasteiger partial charge in [0.1, 0.15) is 0 Å². The monoisotopic (exact) mass is 237 g/mol. The fourth-order valence-corrected chi connectivity index (χ4v) is 1.80. The predicted molar refractivity (Wildman–Crippen MR) is 69.8 cm³/mol. The first-order chi connectivity index (χ1) is 8.26. The van der Waals surface area contributed by atoms with E-state index in [-0.39, 0.29) is 6.61 Å². The number of benzene rings is 1. The Morgan fingerprint density at radius 2 is 2.00 bits per heavy atom. The third-order valence-electron chi connectivity index (χ3n) is 2.74. The predicted octanol–water partition coefficient (Wildman–Crippen LogP) is 1.76. The lowest BCUT2D eigenvalue weighted by Crippen LogP contribution is -2.32. The SMILES string of the molecule is COCCN(Cc1ccccc1)CC(C)CO. The van der Waals surface area contributed by atoms with Crippen LogP contribution in [0.2, 0.25) is 0 Å². The van der Waals surface area contributed by atoms with Crippen molar-refractivity contribution in [2.24, 2.45) is 5.92 Å². The topological polar surface area (TPSA) is 32.7 Å². The minimum atomic E-state index is 0.234. The molecule has 1 atom stereocenters. The molecule has 0 bridgehead atoms. The maximum Gasteiger partial charge on any atom is 0.0589 e. The zero-order chi connectivity index (χ0) is 12.5. The molecule has 1 aromatic carbocycles. The zero-order valence-electron chi connectivity index (χ0n) is 10.8. The van der Waals surface area contributed by atoms with Gasteiger partial charge in [-0.3, -0.25) is 4.90 Å². The highest BCUT2D eigenvalue weighted by molar-refractivity contribution is 5.14. The average molecular weight is 237 g/mol. The van der Waals surface area contributed by atoms with Gasteiger partial charge in [-0.15, -0.1) is 0 Å². The molecule has 0 radical (unpaired) electrons. The summed E-state index contributed by atoms with van der Waals surface area (Å²) in [6, 6.07) is 10.4. The molecule has 0 aliphatic heterocycles. The van der Waals surface area contributed by atoms with Gasteiger partial charge < -0.3 is 9.84 Å². The van der Waals surface area contributed by atoms with Gasteiger partial charge in [-0.1, -0.05) is 37.3 Å². The summed E-state index contributed by atoms with van der Waals surface area (Å²) in [7, 11) is 1.72. The van der Waals surface area contributed by atoms with Crippen LogP contribution in [0.4, 0.5) is 0 Å². The highest BCUT2D eigenvalue weighted by Gasteiger charge is 2.09. The fourth-order valence-electron chi connectivity index (χ4n) is 1.80. The summed E-state index contributed by atoms with van der Waals surface area (Å²) in [5.74, 6) is 0.301. The Balaban J connectivity index is 2.50. The van der Waals surface area contributed by atoms with E-state index in [9.17, 15) is 0 Å². The van der Waals surface area contributed by atoms with Gasteiger partial charge in [0.2, 0.25) is 0 Å². The third-order valence-corrected chi connectivity index (χ3v) is 2.74. The van der Waals surface area contributed by atoms with E-state index in [1.165, 1.54) is 5.56 Å². The second-order valence-electron chi connectivity index (χ2n) is 4.50. The second kappa shape index (κ2) is 8.23. The fraction of sp³-hybridized carbons (Fsp3) is 0.571. The van der Waals surface area contributed by atoms with Crippen LogP contribution in [0, 0.1) is 5.92 Å². The van der Waals surface area contributed by atoms with Gasteiger partial charge in [-0.05, 0) is 11.5 Å². The minimum Gasteiger partial charge on any atom is -0.396 e. The Morgan fingerprint density at radius 1 is 1.29 bits per heavy atom. The van der Waals surface area contributed by atoms with Crippen molar-refractivity contribution in [2.45, 2.75) is 13.5 Å².